The third-order valence-electron chi connectivity index (χ3n) is 2.74. The first-order chi connectivity index (χ1) is 8.63. The number of benzene rings is 1. The largest absolute Gasteiger partial charge is 0.480 e. The van der Waals surface area contributed by atoms with Crippen LogP contribution in [0.3, 0.4) is 0 Å². The lowest BCUT2D eigenvalue weighted by atomic mass is 10.1. The molecule has 1 amide bonds. The predicted octanol–water partition coefficient (Wildman–Crippen LogP) is 2.49. The van der Waals surface area contributed by atoms with Crippen molar-refractivity contribution in [3.8, 4) is 0 Å². The second-order valence-electron chi connectivity index (χ2n) is 3.92. The van der Waals surface area contributed by atoms with Crippen molar-refractivity contribution in [1.29, 1.82) is 0 Å². The SMILES string of the molecule is CC[C@@H](NC(=O)c1csc2ccccc12)C(=O)O. The third-order valence-corrected chi connectivity index (χ3v) is 3.70. The van der Waals surface area contributed by atoms with Crippen LogP contribution in [0.25, 0.3) is 10.1 Å². The topological polar surface area (TPSA) is 66.4 Å². The van der Waals surface area contributed by atoms with Crippen molar-refractivity contribution in [2.75, 3.05) is 0 Å². The Morgan fingerprint density at radius 3 is 2.78 bits per heavy atom. The quantitative estimate of drug-likeness (QED) is 0.890. The molecule has 0 bridgehead atoms. The van der Waals surface area contributed by atoms with Crippen LogP contribution in [-0.2, 0) is 4.79 Å². The number of thiophene rings is 1. The summed E-state index contributed by atoms with van der Waals surface area (Å²) in [5.74, 6) is -1.34. The zero-order valence-corrected chi connectivity index (χ0v) is 10.7. The van der Waals surface area contributed by atoms with Gasteiger partial charge in [0, 0.05) is 15.5 Å². The van der Waals surface area contributed by atoms with Crippen molar-refractivity contribution in [3.05, 3.63) is 35.2 Å². The summed E-state index contributed by atoms with van der Waals surface area (Å²) in [5.41, 5.74) is 0.537. The van der Waals surface area contributed by atoms with Crippen LogP contribution < -0.4 is 5.32 Å². The highest BCUT2D eigenvalue weighted by molar-refractivity contribution is 7.17. The third kappa shape index (κ3) is 2.36. The number of carbonyl (C=O) groups excluding carboxylic acids is 1. The zero-order chi connectivity index (χ0) is 13.1. The molecule has 2 rings (SSSR count). The molecule has 0 saturated heterocycles. The van der Waals surface area contributed by atoms with Gasteiger partial charge in [0.05, 0.1) is 5.56 Å². The van der Waals surface area contributed by atoms with Crippen LogP contribution in [0.1, 0.15) is 23.7 Å². The molecule has 0 fully saturated rings. The normalized spacial score (nSPS) is 12.3. The molecule has 2 N–H and O–H groups in total. The summed E-state index contributed by atoms with van der Waals surface area (Å²) in [7, 11) is 0. The maximum absolute atomic E-state index is 12.0. The highest BCUT2D eigenvalue weighted by Crippen LogP contribution is 2.25. The molecule has 0 aliphatic rings. The molecule has 1 aromatic carbocycles. The summed E-state index contributed by atoms with van der Waals surface area (Å²) in [6, 6.07) is 6.73. The number of carboxylic acid groups (broad SMARTS) is 1. The molecule has 0 aliphatic heterocycles. The van der Waals surface area contributed by atoms with Crippen molar-refractivity contribution in [2.45, 2.75) is 19.4 Å². The molecule has 0 saturated carbocycles. The van der Waals surface area contributed by atoms with E-state index >= 15 is 0 Å². The number of carbonyl (C=O) groups is 2. The molecule has 1 heterocycles. The Kier molecular flexibility index (Phi) is 3.62. The van der Waals surface area contributed by atoms with E-state index < -0.39 is 12.0 Å². The number of rotatable bonds is 4. The van der Waals surface area contributed by atoms with Crippen LogP contribution in [0.2, 0.25) is 0 Å². The van der Waals surface area contributed by atoms with Crippen LogP contribution in [0.5, 0.6) is 0 Å². The molecule has 0 unspecified atom stereocenters. The van der Waals surface area contributed by atoms with Crippen molar-refractivity contribution in [3.63, 3.8) is 0 Å². The predicted molar refractivity (Wildman–Crippen MR) is 71.0 cm³/mol. The van der Waals surface area contributed by atoms with Crippen molar-refractivity contribution in [2.24, 2.45) is 0 Å². The number of aliphatic carboxylic acids is 1. The molecule has 0 radical (unpaired) electrons. The summed E-state index contributed by atoms with van der Waals surface area (Å²) in [6.45, 7) is 1.73. The van der Waals surface area contributed by atoms with Crippen LogP contribution in [0.15, 0.2) is 29.6 Å². The Bertz CT molecular complexity index is 591. The van der Waals surface area contributed by atoms with Crippen LogP contribution >= 0.6 is 11.3 Å². The first kappa shape index (κ1) is 12.6. The maximum Gasteiger partial charge on any atom is 0.326 e. The molecule has 0 aliphatic carbocycles. The number of hydrogen-bond acceptors (Lipinski definition) is 3. The highest BCUT2D eigenvalue weighted by atomic mass is 32.1. The van der Waals surface area contributed by atoms with Gasteiger partial charge >= 0.3 is 5.97 Å². The lowest BCUT2D eigenvalue weighted by Crippen LogP contribution is -2.40. The first-order valence-corrected chi connectivity index (χ1v) is 6.51. The molecular weight excluding hydrogens is 250 g/mol. The van der Waals surface area contributed by atoms with Gasteiger partial charge in [-0.1, -0.05) is 25.1 Å². The molecule has 94 valence electrons. The maximum atomic E-state index is 12.0. The minimum Gasteiger partial charge on any atom is -0.480 e. The van der Waals surface area contributed by atoms with Gasteiger partial charge in [-0.05, 0) is 12.5 Å². The summed E-state index contributed by atoms with van der Waals surface area (Å²) in [4.78, 5) is 22.9. The fraction of sp³-hybridized carbons (Fsp3) is 0.231. The minimum absolute atomic E-state index is 0.332. The number of fused-ring (bicyclic) bond motifs is 1. The first-order valence-electron chi connectivity index (χ1n) is 5.63. The van der Waals surface area contributed by atoms with Crippen LogP contribution in [0, 0.1) is 0 Å². The van der Waals surface area contributed by atoms with Gasteiger partial charge < -0.3 is 10.4 Å². The zero-order valence-electron chi connectivity index (χ0n) is 9.84. The Morgan fingerprint density at radius 1 is 1.39 bits per heavy atom. The average molecular weight is 263 g/mol. The van der Waals surface area contributed by atoms with Crippen molar-refractivity contribution < 1.29 is 14.7 Å². The van der Waals surface area contributed by atoms with Gasteiger partial charge in [0.2, 0.25) is 0 Å². The van der Waals surface area contributed by atoms with Crippen molar-refractivity contribution >= 4 is 33.3 Å². The van der Waals surface area contributed by atoms with E-state index in [0.717, 1.165) is 10.1 Å². The Labute approximate surface area is 108 Å². The minimum atomic E-state index is -1.01. The average Bonchev–Trinajstić information content (AvgIpc) is 2.79. The van der Waals surface area contributed by atoms with Crippen molar-refractivity contribution in [1.82, 2.24) is 5.32 Å². The van der Waals surface area contributed by atoms with Gasteiger partial charge in [-0.3, -0.25) is 4.79 Å². The van der Waals surface area contributed by atoms with E-state index in [-0.39, 0.29) is 5.91 Å². The highest BCUT2D eigenvalue weighted by Gasteiger charge is 2.20. The molecule has 18 heavy (non-hydrogen) atoms. The van der Waals surface area contributed by atoms with E-state index in [0.29, 0.717) is 12.0 Å². The number of hydrogen-bond donors (Lipinski definition) is 2. The van der Waals surface area contributed by atoms with E-state index in [1.54, 1.807) is 12.3 Å². The fourth-order valence-corrected chi connectivity index (χ4v) is 2.67. The van der Waals surface area contributed by atoms with Crippen LogP contribution in [-0.4, -0.2) is 23.0 Å². The summed E-state index contributed by atoms with van der Waals surface area (Å²) in [5, 5.41) is 14.1. The fourth-order valence-electron chi connectivity index (χ4n) is 1.73. The molecule has 4 nitrogen and oxygen atoms in total. The standard InChI is InChI=1S/C13H13NO3S/c1-2-10(13(16)17)14-12(15)9-7-18-11-6-4-3-5-8(9)11/h3-7,10H,2H2,1H3,(H,14,15)(H,16,17)/t10-/m1/s1. The van der Waals surface area contributed by atoms with Gasteiger partial charge in [0.15, 0.2) is 0 Å². The van der Waals surface area contributed by atoms with Gasteiger partial charge in [-0.25, -0.2) is 4.79 Å². The van der Waals surface area contributed by atoms with Gasteiger partial charge in [0.1, 0.15) is 6.04 Å². The second kappa shape index (κ2) is 5.18. The summed E-state index contributed by atoms with van der Waals surface area (Å²) in [6.07, 6.45) is 0.364. The van der Waals surface area contributed by atoms with E-state index in [9.17, 15) is 9.59 Å². The van der Waals surface area contributed by atoms with E-state index in [1.165, 1.54) is 11.3 Å². The lowest BCUT2D eigenvalue weighted by molar-refractivity contribution is -0.139. The van der Waals surface area contributed by atoms with E-state index in [2.05, 4.69) is 5.32 Å². The van der Waals surface area contributed by atoms with Gasteiger partial charge in [-0.2, -0.15) is 0 Å². The summed E-state index contributed by atoms with van der Waals surface area (Å²) >= 11 is 1.48. The van der Waals surface area contributed by atoms with Crippen LogP contribution in [0.4, 0.5) is 0 Å². The Hall–Kier alpha value is -1.88. The molecule has 1 aromatic heterocycles. The summed E-state index contributed by atoms with van der Waals surface area (Å²) < 4.78 is 1.02. The molecule has 0 spiro atoms. The molecule has 2 aromatic rings. The molecular formula is C13H13NO3S. The van der Waals surface area contributed by atoms with Gasteiger partial charge in [0.25, 0.3) is 5.91 Å². The van der Waals surface area contributed by atoms with E-state index in [1.807, 2.05) is 24.3 Å². The Balaban J connectivity index is 2.26. The monoisotopic (exact) mass is 263 g/mol. The molecule has 1 atom stereocenters. The van der Waals surface area contributed by atoms with Gasteiger partial charge in [-0.15, -0.1) is 11.3 Å². The molecule has 5 heteroatoms. The number of amides is 1. The van der Waals surface area contributed by atoms with E-state index in [4.69, 9.17) is 5.11 Å². The smallest absolute Gasteiger partial charge is 0.326 e. The number of nitrogens with one attached hydrogen (secondary N) is 1. The second-order valence-corrected chi connectivity index (χ2v) is 4.83. The number of carboxylic acids is 1. The lowest BCUT2D eigenvalue weighted by Gasteiger charge is -2.11. The Morgan fingerprint density at radius 2 is 2.11 bits per heavy atom.